The van der Waals surface area contributed by atoms with E-state index in [1.165, 1.54) is 31.7 Å². The number of hydrogen-bond donors (Lipinski definition) is 1. The smallest absolute Gasteiger partial charge is 0.318 e. The number of methoxy groups -OCH3 is 1. The van der Waals surface area contributed by atoms with Crippen molar-refractivity contribution in [2.24, 2.45) is 0 Å². The van der Waals surface area contributed by atoms with E-state index in [2.05, 4.69) is 10.1 Å². The van der Waals surface area contributed by atoms with Crippen LogP contribution in [0.3, 0.4) is 0 Å². The molecule has 0 bridgehead atoms. The van der Waals surface area contributed by atoms with Crippen LogP contribution in [0.5, 0.6) is 0 Å². The second-order valence-electron chi connectivity index (χ2n) is 4.43. The summed E-state index contributed by atoms with van der Waals surface area (Å²) >= 11 is 1.34. The highest BCUT2D eigenvalue weighted by Crippen LogP contribution is 2.21. The van der Waals surface area contributed by atoms with Crippen molar-refractivity contribution in [1.29, 1.82) is 0 Å². The number of carbonyl (C=O) groups excluding carboxylic acids is 2. The van der Waals surface area contributed by atoms with Gasteiger partial charge in [-0.2, -0.15) is 0 Å². The Kier molecular flexibility index (Phi) is 5.82. The summed E-state index contributed by atoms with van der Waals surface area (Å²) in [6, 6.07) is 0.332. The van der Waals surface area contributed by atoms with Crippen LogP contribution in [-0.4, -0.2) is 35.5 Å². The molecule has 2 unspecified atom stereocenters. The van der Waals surface area contributed by atoms with Crippen LogP contribution in [0.2, 0.25) is 0 Å². The fourth-order valence-corrected chi connectivity index (χ4v) is 2.99. The Labute approximate surface area is 107 Å². The first-order valence-corrected chi connectivity index (χ1v) is 7.02. The lowest BCUT2D eigenvalue weighted by molar-refractivity contribution is -0.139. The first-order chi connectivity index (χ1) is 8.04. The maximum atomic E-state index is 11.9. The van der Waals surface area contributed by atoms with Crippen LogP contribution in [0.25, 0.3) is 0 Å². The summed E-state index contributed by atoms with van der Waals surface area (Å²) in [7, 11) is 1.36. The Hall–Kier alpha value is -0.710. The van der Waals surface area contributed by atoms with Gasteiger partial charge in [-0.3, -0.25) is 9.59 Å². The summed E-state index contributed by atoms with van der Waals surface area (Å²) < 4.78 is 4.63. The average molecular weight is 259 g/mol. The number of esters is 1. The second kappa shape index (κ2) is 6.89. The van der Waals surface area contributed by atoms with Crippen LogP contribution < -0.4 is 5.32 Å². The molecule has 1 rings (SSSR count). The van der Waals surface area contributed by atoms with Gasteiger partial charge in [-0.15, -0.1) is 11.8 Å². The number of rotatable bonds is 5. The molecule has 1 N–H and O–H groups in total. The van der Waals surface area contributed by atoms with Crippen molar-refractivity contribution in [2.75, 3.05) is 7.11 Å². The van der Waals surface area contributed by atoms with Crippen LogP contribution in [0.1, 0.15) is 39.5 Å². The molecule has 0 saturated heterocycles. The third kappa shape index (κ3) is 4.58. The number of thioether (sulfide) groups is 1. The first-order valence-electron chi connectivity index (χ1n) is 6.08. The number of nitrogens with one attached hydrogen (secondary N) is 1. The molecule has 0 aromatic carbocycles. The normalized spacial score (nSPS) is 19.7. The van der Waals surface area contributed by atoms with Crippen LogP contribution in [-0.2, 0) is 14.3 Å². The Bertz CT molecular complexity index is 277. The molecule has 5 heteroatoms. The van der Waals surface area contributed by atoms with Gasteiger partial charge in [-0.1, -0.05) is 12.8 Å². The van der Waals surface area contributed by atoms with Gasteiger partial charge in [0.05, 0.1) is 12.4 Å². The van der Waals surface area contributed by atoms with Crippen molar-refractivity contribution >= 4 is 23.6 Å². The maximum Gasteiger partial charge on any atom is 0.318 e. The number of hydrogen-bond acceptors (Lipinski definition) is 4. The van der Waals surface area contributed by atoms with E-state index in [-0.39, 0.29) is 22.4 Å². The fraction of sp³-hybridized carbons (Fsp3) is 0.833. The van der Waals surface area contributed by atoms with E-state index in [1.807, 2.05) is 6.92 Å². The summed E-state index contributed by atoms with van der Waals surface area (Å²) in [5.74, 6) is -0.256. The minimum absolute atomic E-state index is 0.0256. The van der Waals surface area contributed by atoms with Crippen LogP contribution in [0, 0.1) is 0 Å². The van der Waals surface area contributed by atoms with Gasteiger partial charge >= 0.3 is 5.97 Å². The van der Waals surface area contributed by atoms with E-state index in [0.29, 0.717) is 6.04 Å². The molecule has 0 aliphatic heterocycles. The van der Waals surface area contributed by atoms with Gasteiger partial charge in [-0.25, -0.2) is 0 Å². The largest absolute Gasteiger partial charge is 0.468 e. The van der Waals surface area contributed by atoms with E-state index in [9.17, 15) is 9.59 Å². The number of amides is 1. The van der Waals surface area contributed by atoms with Crippen LogP contribution in [0.15, 0.2) is 0 Å². The zero-order chi connectivity index (χ0) is 12.8. The molecule has 4 nitrogen and oxygen atoms in total. The van der Waals surface area contributed by atoms with Crippen molar-refractivity contribution in [2.45, 2.75) is 56.1 Å². The van der Waals surface area contributed by atoms with Gasteiger partial charge in [0, 0.05) is 6.04 Å². The molecule has 1 saturated carbocycles. The third-order valence-electron chi connectivity index (χ3n) is 3.01. The lowest BCUT2D eigenvalue weighted by Gasteiger charge is -2.18. The predicted molar refractivity (Wildman–Crippen MR) is 68.9 cm³/mol. The Balaban J connectivity index is 2.32. The summed E-state index contributed by atoms with van der Waals surface area (Å²) in [4.78, 5) is 23.1. The van der Waals surface area contributed by atoms with E-state index in [1.54, 1.807) is 6.92 Å². The van der Waals surface area contributed by atoms with E-state index in [0.717, 1.165) is 12.8 Å². The third-order valence-corrected chi connectivity index (χ3v) is 4.24. The monoisotopic (exact) mass is 259 g/mol. The maximum absolute atomic E-state index is 11.9. The minimum atomic E-state index is -0.302. The highest BCUT2D eigenvalue weighted by molar-refractivity contribution is 8.01. The Morgan fingerprint density at radius 2 is 1.82 bits per heavy atom. The van der Waals surface area contributed by atoms with Crippen LogP contribution >= 0.6 is 11.8 Å². The lowest BCUT2D eigenvalue weighted by Crippen LogP contribution is -2.38. The molecule has 17 heavy (non-hydrogen) atoms. The molecule has 0 heterocycles. The van der Waals surface area contributed by atoms with E-state index < -0.39 is 0 Å². The first kappa shape index (κ1) is 14.4. The summed E-state index contributed by atoms with van der Waals surface area (Å²) in [6.07, 6.45) is 4.56. The Morgan fingerprint density at radius 1 is 1.24 bits per heavy atom. The molecule has 0 aromatic heterocycles. The van der Waals surface area contributed by atoms with Gasteiger partial charge in [0.2, 0.25) is 5.91 Å². The molecule has 1 aliphatic rings. The molecular weight excluding hydrogens is 238 g/mol. The molecule has 1 fully saturated rings. The van der Waals surface area contributed by atoms with Gasteiger partial charge < -0.3 is 10.1 Å². The van der Waals surface area contributed by atoms with E-state index >= 15 is 0 Å². The molecule has 1 amide bonds. The quantitative estimate of drug-likeness (QED) is 0.764. The van der Waals surface area contributed by atoms with Gasteiger partial charge in [0.1, 0.15) is 5.25 Å². The summed E-state index contributed by atoms with van der Waals surface area (Å²) in [5, 5.41) is 2.51. The highest BCUT2D eigenvalue weighted by Gasteiger charge is 2.24. The lowest BCUT2D eigenvalue weighted by atomic mass is 10.2. The Morgan fingerprint density at radius 3 is 2.35 bits per heavy atom. The molecule has 1 aliphatic carbocycles. The van der Waals surface area contributed by atoms with Crippen molar-refractivity contribution in [3.8, 4) is 0 Å². The summed E-state index contributed by atoms with van der Waals surface area (Å²) in [6.45, 7) is 3.59. The van der Waals surface area contributed by atoms with Crippen molar-refractivity contribution in [1.82, 2.24) is 5.32 Å². The van der Waals surface area contributed by atoms with Crippen molar-refractivity contribution in [3.63, 3.8) is 0 Å². The molecule has 2 atom stereocenters. The standard InChI is InChI=1S/C12H21NO3S/c1-8(17-9(2)12(15)16-3)11(14)13-10-6-4-5-7-10/h8-10H,4-7H2,1-3H3,(H,13,14). The molecule has 0 aromatic rings. The number of carbonyl (C=O) groups is 2. The highest BCUT2D eigenvalue weighted by atomic mass is 32.2. The molecule has 98 valence electrons. The predicted octanol–water partition coefficient (Wildman–Crippen LogP) is 1.73. The van der Waals surface area contributed by atoms with Crippen molar-refractivity contribution in [3.05, 3.63) is 0 Å². The van der Waals surface area contributed by atoms with Gasteiger partial charge in [0.15, 0.2) is 0 Å². The van der Waals surface area contributed by atoms with E-state index in [4.69, 9.17) is 0 Å². The molecular formula is C12H21NO3S. The van der Waals surface area contributed by atoms with Gasteiger partial charge in [-0.05, 0) is 26.7 Å². The topological polar surface area (TPSA) is 55.4 Å². The zero-order valence-corrected chi connectivity index (χ0v) is 11.5. The average Bonchev–Trinajstić information content (AvgIpc) is 2.80. The van der Waals surface area contributed by atoms with Gasteiger partial charge in [0.25, 0.3) is 0 Å². The minimum Gasteiger partial charge on any atom is -0.468 e. The number of ether oxygens (including phenoxy) is 1. The summed E-state index contributed by atoms with van der Waals surface area (Å²) in [5.41, 5.74) is 0. The SMILES string of the molecule is COC(=O)C(C)SC(C)C(=O)NC1CCCC1. The second-order valence-corrected chi connectivity index (χ2v) is 6.12. The van der Waals surface area contributed by atoms with Crippen LogP contribution in [0.4, 0.5) is 0 Å². The molecule has 0 radical (unpaired) electrons. The molecule has 0 spiro atoms. The van der Waals surface area contributed by atoms with Crippen molar-refractivity contribution < 1.29 is 14.3 Å². The zero-order valence-electron chi connectivity index (χ0n) is 10.7. The fourth-order valence-electron chi connectivity index (χ4n) is 1.98.